The number of hydrogen-bond acceptors (Lipinski definition) is 1. The van der Waals surface area contributed by atoms with Crippen molar-refractivity contribution in [2.75, 3.05) is 0 Å². The first-order chi connectivity index (χ1) is 6.62. The van der Waals surface area contributed by atoms with Crippen LogP contribution in [0.25, 0.3) is 0 Å². The normalized spacial score (nSPS) is 19.4. The Hall–Kier alpha value is -0.920. The summed E-state index contributed by atoms with van der Waals surface area (Å²) >= 11 is 0. The van der Waals surface area contributed by atoms with Gasteiger partial charge in [0.25, 0.3) is 0 Å². The molecule has 1 saturated carbocycles. The van der Waals surface area contributed by atoms with Gasteiger partial charge in [0.1, 0.15) is 0 Å². The molecule has 0 radical (unpaired) electrons. The van der Waals surface area contributed by atoms with E-state index in [-0.39, 0.29) is 0 Å². The largest absolute Gasteiger partial charge is 0.258 e. The van der Waals surface area contributed by atoms with Gasteiger partial charge in [-0.25, -0.2) is 4.39 Å². The van der Waals surface area contributed by atoms with Gasteiger partial charge in [-0.05, 0) is 42.9 Å². The van der Waals surface area contributed by atoms with Crippen LogP contribution in [0.5, 0.6) is 0 Å². The van der Waals surface area contributed by atoms with Crippen molar-refractivity contribution < 1.29 is 4.39 Å². The van der Waals surface area contributed by atoms with Gasteiger partial charge in [0.05, 0.1) is 5.69 Å². The lowest BCUT2D eigenvalue weighted by Gasteiger charge is -2.33. The molecule has 1 aliphatic rings. The molecule has 0 unspecified atom stereocenters. The van der Waals surface area contributed by atoms with Crippen LogP contribution >= 0.6 is 0 Å². The molecule has 1 aromatic rings. The number of halogens is 1. The number of alkyl halides is 1. The summed E-state index contributed by atoms with van der Waals surface area (Å²) in [5.74, 6) is 0.445. The minimum absolute atomic E-state index is 0.445. The molecule has 1 nitrogen and oxygen atoms in total. The maximum Gasteiger partial charge on any atom is 0.152 e. The number of hydrogen-bond donors (Lipinski definition) is 0. The van der Waals surface area contributed by atoms with Crippen LogP contribution < -0.4 is 0 Å². The smallest absolute Gasteiger partial charge is 0.152 e. The van der Waals surface area contributed by atoms with E-state index in [1.54, 1.807) is 6.20 Å². The van der Waals surface area contributed by atoms with Gasteiger partial charge >= 0.3 is 0 Å². The second-order valence-corrected chi connectivity index (χ2v) is 4.45. The van der Waals surface area contributed by atoms with E-state index in [1.165, 1.54) is 5.56 Å². The lowest BCUT2D eigenvalue weighted by atomic mass is 9.78. The van der Waals surface area contributed by atoms with E-state index >= 15 is 0 Å². The summed E-state index contributed by atoms with van der Waals surface area (Å²) in [6, 6.07) is 3.89. The van der Waals surface area contributed by atoms with Crippen LogP contribution in [0.4, 0.5) is 4.39 Å². The molecule has 0 spiro atoms. The number of rotatable bonds is 2. The van der Waals surface area contributed by atoms with Crippen LogP contribution in [0.3, 0.4) is 0 Å². The Kier molecular flexibility index (Phi) is 2.30. The van der Waals surface area contributed by atoms with E-state index in [2.05, 4.69) is 18.8 Å². The van der Waals surface area contributed by atoms with Crippen LogP contribution in [0.2, 0.25) is 0 Å². The van der Waals surface area contributed by atoms with Gasteiger partial charge in [-0.3, -0.25) is 4.98 Å². The van der Waals surface area contributed by atoms with Crippen molar-refractivity contribution in [3.05, 3.63) is 29.6 Å². The van der Waals surface area contributed by atoms with E-state index in [0.717, 1.165) is 6.42 Å². The van der Waals surface area contributed by atoms with Crippen LogP contribution in [0.1, 0.15) is 50.3 Å². The first-order valence-corrected chi connectivity index (χ1v) is 5.27. The molecule has 1 fully saturated rings. The van der Waals surface area contributed by atoms with Crippen molar-refractivity contribution in [3.8, 4) is 0 Å². The number of pyridine rings is 1. The third kappa shape index (κ3) is 1.54. The third-order valence-corrected chi connectivity index (χ3v) is 3.06. The molecule has 2 rings (SSSR count). The molecule has 14 heavy (non-hydrogen) atoms. The van der Waals surface area contributed by atoms with Crippen molar-refractivity contribution in [1.82, 2.24) is 4.98 Å². The molecule has 1 aliphatic carbocycles. The van der Waals surface area contributed by atoms with Crippen molar-refractivity contribution >= 4 is 0 Å². The summed E-state index contributed by atoms with van der Waals surface area (Å²) in [6.45, 7) is 4.23. The molecule has 76 valence electrons. The van der Waals surface area contributed by atoms with Gasteiger partial charge in [-0.2, -0.15) is 0 Å². The Morgan fingerprint density at radius 3 is 2.64 bits per heavy atom. The fraction of sp³-hybridized carbons (Fsp3) is 0.583. The van der Waals surface area contributed by atoms with Crippen molar-refractivity contribution in [2.24, 2.45) is 0 Å². The summed E-state index contributed by atoms with van der Waals surface area (Å²) in [5.41, 5.74) is 0.694. The van der Waals surface area contributed by atoms with Gasteiger partial charge in [-0.1, -0.05) is 13.8 Å². The van der Waals surface area contributed by atoms with Crippen LogP contribution in [0, 0.1) is 0 Å². The molecule has 0 aromatic carbocycles. The summed E-state index contributed by atoms with van der Waals surface area (Å²) < 4.78 is 14.0. The van der Waals surface area contributed by atoms with E-state index < -0.39 is 5.67 Å². The Balaban J connectivity index is 2.30. The minimum Gasteiger partial charge on any atom is -0.258 e. The number of nitrogens with zero attached hydrogens (tertiary/aromatic N) is 1. The molecule has 1 heterocycles. The molecule has 0 amide bonds. The predicted octanol–water partition coefficient (Wildman–Crippen LogP) is 3.55. The lowest BCUT2D eigenvalue weighted by Crippen LogP contribution is -2.29. The summed E-state index contributed by atoms with van der Waals surface area (Å²) in [4.78, 5) is 4.14. The third-order valence-electron chi connectivity index (χ3n) is 3.06. The van der Waals surface area contributed by atoms with Crippen molar-refractivity contribution in [3.63, 3.8) is 0 Å². The zero-order valence-electron chi connectivity index (χ0n) is 8.76. The molecule has 2 heteroatoms. The summed E-state index contributed by atoms with van der Waals surface area (Å²) in [7, 11) is 0. The highest BCUT2D eigenvalue weighted by molar-refractivity contribution is 5.25. The molecular formula is C12H16FN. The molecule has 0 N–H and O–H groups in total. The van der Waals surface area contributed by atoms with Gasteiger partial charge in [-0.15, -0.1) is 0 Å². The predicted molar refractivity (Wildman–Crippen MR) is 55.0 cm³/mol. The van der Waals surface area contributed by atoms with Gasteiger partial charge < -0.3 is 0 Å². The topological polar surface area (TPSA) is 12.9 Å². The van der Waals surface area contributed by atoms with Crippen LogP contribution in [0.15, 0.2) is 18.3 Å². The van der Waals surface area contributed by atoms with Gasteiger partial charge in [0.2, 0.25) is 0 Å². The maximum atomic E-state index is 14.0. The quantitative estimate of drug-likeness (QED) is 0.700. The molecule has 0 saturated heterocycles. The van der Waals surface area contributed by atoms with Gasteiger partial charge in [0, 0.05) is 6.20 Å². The maximum absolute atomic E-state index is 14.0. The zero-order chi connectivity index (χ0) is 10.2. The van der Waals surface area contributed by atoms with Crippen LogP contribution in [-0.4, -0.2) is 4.98 Å². The fourth-order valence-electron chi connectivity index (χ4n) is 1.79. The van der Waals surface area contributed by atoms with E-state index in [0.29, 0.717) is 24.5 Å². The van der Waals surface area contributed by atoms with E-state index in [1.807, 2.05) is 12.1 Å². The Labute approximate surface area is 84.4 Å². The monoisotopic (exact) mass is 193 g/mol. The standard InChI is InChI=1S/C12H16FN/c1-9(2)10-4-7-14-11(8-10)12(13)5-3-6-12/h4,7-9H,3,5-6H2,1-2H3. The second-order valence-electron chi connectivity index (χ2n) is 4.45. The highest BCUT2D eigenvalue weighted by Crippen LogP contribution is 2.44. The second kappa shape index (κ2) is 3.34. The lowest BCUT2D eigenvalue weighted by molar-refractivity contribution is 0.0559. The van der Waals surface area contributed by atoms with E-state index in [9.17, 15) is 4.39 Å². The zero-order valence-corrected chi connectivity index (χ0v) is 8.76. The number of aromatic nitrogens is 1. The summed E-state index contributed by atoms with van der Waals surface area (Å²) in [6.07, 6.45) is 4.00. The molecule has 1 aromatic heterocycles. The molecule has 0 aliphatic heterocycles. The first-order valence-electron chi connectivity index (χ1n) is 5.27. The first kappa shape index (κ1) is 9.63. The summed E-state index contributed by atoms with van der Waals surface area (Å²) in [5, 5.41) is 0. The average Bonchev–Trinajstić information content (AvgIpc) is 2.14. The molecular weight excluding hydrogens is 177 g/mol. The van der Waals surface area contributed by atoms with Crippen molar-refractivity contribution in [2.45, 2.75) is 44.7 Å². The minimum atomic E-state index is -1.12. The average molecular weight is 193 g/mol. The fourth-order valence-corrected chi connectivity index (χ4v) is 1.79. The molecule has 0 bridgehead atoms. The van der Waals surface area contributed by atoms with E-state index in [4.69, 9.17) is 0 Å². The Bertz CT molecular complexity index is 329. The Morgan fingerprint density at radius 1 is 1.43 bits per heavy atom. The highest BCUT2D eigenvalue weighted by Gasteiger charge is 2.40. The highest BCUT2D eigenvalue weighted by atomic mass is 19.1. The SMILES string of the molecule is CC(C)c1ccnc(C2(F)CCC2)c1. The van der Waals surface area contributed by atoms with Gasteiger partial charge in [0.15, 0.2) is 5.67 Å². The Morgan fingerprint density at radius 2 is 2.14 bits per heavy atom. The van der Waals surface area contributed by atoms with Crippen LogP contribution in [-0.2, 0) is 5.67 Å². The van der Waals surface area contributed by atoms with Crippen molar-refractivity contribution in [1.29, 1.82) is 0 Å². The molecule has 0 atom stereocenters.